The maximum Gasteiger partial charge on any atom is 0.354 e. The van der Waals surface area contributed by atoms with E-state index in [2.05, 4.69) is 14.9 Å². The molecule has 1 aromatic carbocycles. The van der Waals surface area contributed by atoms with E-state index in [9.17, 15) is 19.5 Å². The molecule has 3 aromatic rings. The Morgan fingerprint density at radius 2 is 1.65 bits per heavy atom. The number of amides is 1. The monoisotopic (exact) mass is 503 g/mol. The number of aromatic carboxylic acids is 2. The van der Waals surface area contributed by atoms with E-state index in [1.54, 1.807) is 42.1 Å². The Morgan fingerprint density at radius 1 is 0.919 bits per heavy atom. The second-order valence-electron chi connectivity index (χ2n) is 9.82. The molecule has 2 N–H and O–H groups in total. The van der Waals surface area contributed by atoms with Crippen LogP contribution in [0.3, 0.4) is 0 Å². The highest BCUT2D eigenvalue weighted by Crippen LogP contribution is 2.42. The summed E-state index contributed by atoms with van der Waals surface area (Å²) in [6.45, 7) is 2.71. The highest BCUT2D eigenvalue weighted by atomic mass is 16.4. The predicted molar refractivity (Wildman–Crippen MR) is 135 cm³/mol. The topological polar surface area (TPSA) is 129 Å². The minimum absolute atomic E-state index is 0.143. The van der Waals surface area contributed by atoms with Gasteiger partial charge in [0.1, 0.15) is 11.5 Å². The molecule has 2 aliphatic rings. The van der Waals surface area contributed by atoms with Crippen LogP contribution in [0.1, 0.15) is 52.4 Å². The fraction of sp³-hybridized carbons (Fsp3) is 0.370. The molecular weight excluding hydrogens is 474 g/mol. The zero-order valence-electron chi connectivity index (χ0n) is 20.6. The average Bonchev–Trinajstić information content (AvgIpc) is 3.27. The van der Waals surface area contributed by atoms with Gasteiger partial charge >= 0.3 is 11.9 Å². The van der Waals surface area contributed by atoms with Gasteiger partial charge in [0, 0.05) is 19.2 Å². The number of likely N-dealkylation sites (tertiary alicyclic amines) is 1. The maximum atomic E-state index is 13.7. The number of imidazole rings is 1. The SMILES string of the molecule is Cn1c(C(=O)O)cnc1CN1CCC2(CCCN(c3ccc(-c4ccc(C(=O)O)cc4)nc3)C2=O)CC1. The van der Waals surface area contributed by atoms with Crippen LogP contribution in [-0.4, -0.2) is 67.1 Å². The highest BCUT2D eigenvalue weighted by molar-refractivity contribution is 5.98. The van der Waals surface area contributed by atoms with Gasteiger partial charge in [-0.1, -0.05) is 12.1 Å². The zero-order valence-corrected chi connectivity index (χ0v) is 20.6. The lowest BCUT2D eigenvalue weighted by molar-refractivity contribution is -0.133. The smallest absolute Gasteiger partial charge is 0.354 e. The van der Waals surface area contributed by atoms with Gasteiger partial charge in [0.05, 0.1) is 41.3 Å². The Hall–Kier alpha value is -4.05. The van der Waals surface area contributed by atoms with Crippen LogP contribution in [0.5, 0.6) is 0 Å². The van der Waals surface area contributed by atoms with Crippen LogP contribution in [0, 0.1) is 5.41 Å². The van der Waals surface area contributed by atoms with Gasteiger partial charge in [-0.3, -0.25) is 14.7 Å². The third-order valence-corrected chi connectivity index (χ3v) is 7.70. The van der Waals surface area contributed by atoms with Crippen LogP contribution in [0.2, 0.25) is 0 Å². The molecule has 0 atom stereocenters. The van der Waals surface area contributed by atoms with Gasteiger partial charge in [0.15, 0.2) is 0 Å². The second kappa shape index (κ2) is 9.78. The van der Waals surface area contributed by atoms with Crippen molar-refractivity contribution in [2.75, 3.05) is 24.5 Å². The Balaban J connectivity index is 1.25. The third kappa shape index (κ3) is 4.72. The number of piperidine rings is 2. The molecule has 37 heavy (non-hydrogen) atoms. The molecule has 1 amide bonds. The molecule has 2 saturated heterocycles. The number of carboxylic acid groups (broad SMARTS) is 2. The van der Waals surface area contributed by atoms with Crippen LogP contribution in [0.4, 0.5) is 5.69 Å². The molecule has 0 radical (unpaired) electrons. The van der Waals surface area contributed by atoms with Gasteiger partial charge in [-0.25, -0.2) is 14.6 Å². The van der Waals surface area contributed by atoms with E-state index in [1.807, 2.05) is 17.0 Å². The summed E-state index contributed by atoms with van der Waals surface area (Å²) in [5.41, 5.74) is 2.29. The summed E-state index contributed by atoms with van der Waals surface area (Å²) in [6, 6.07) is 10.3. The highest BCUT2D eigenvalue weighted by Gasteiger charge is 2.46. The first kappa shape index (κ1) is 24.6. The number of rotatable bonds is 6. The van der Waals surface area contributed by atoms with E-state index in [4.69, 9.17) is 5.11 Å². The largest absolute Gasteiger partial charge is 0.478 e. The Labute approximate surface area is 214 Å². The summed E-state index contributed by atoms with van der Waals surface area (Å²) < 4.78 is 1.61. The minimum atomic E-state index is -0.995. The van der Waals surface area contributed by atoms with Crippen molar-refractivity contribution in [2.45, 2.75) is 32.2 Å². The van der Waals surface area contributed by atoms with E-state index in [0.717, 1.165) is 50.0 Å². The molecule has 0 saturated carbocycles. The zero-order chi connectivity index (χ0) is 26.2. The lowest BCUT2D eigenvalue weighted by Crippen LogP contribution is -2.53. The summed E-state index contributed by atoms with van der Waals surface area (Å²) >= 11 is 0. The number of nitrogens with zero attached hydrogens (tertiary/aromatic N) is 5. The Bertz CT molecular complexity index is 1320. The quantitative estimate of drug-likeness (QED) is 0.524. The average molecular weight is 504 g/mol. The van der Waals surface area contributed by atoms with Gasteiger partial charge in [-0.05, 0) is 63.0 Å². The van der Waals surface area contributed by atoms with E-state index in [-0.39, 0.29) is 17.2 Å². The predicted octanol–water partition coefficient (Wildman–Crippen LogP) is 3.29. The number of carboxylic acids is 2. The van der Waals surface area contributed by atoms with Crippen molar-refractivity contribution in [3.8, 4) is 11.3 Å². The van der Waals surface area contributed by atoms with Gasteiger partial charge < -0.3 is 19.7 Å². The van der Waals surface area contributed by atoms with E-state index in [0.29, 0.717) is 24.6 Å². The van der Waals surface area contributed by atoms with E-state index in [1.165, 1.54) is 6.20 Å². The number of pyridine rings is 1. The Morgan fingerprint density at radius 3 is 2.24 bits per heavy atom. The number of benzene rings is 1. The maximum absolute atomic E-state index is 13.7. The molecule has 0 bridgehead atoms. The summed E-state index contributed by atoms with van der Waals surface area (Å²) in [4.78, 5) is 49.0. The van der Waals surface area contributed by atoms with Crippen LogP contribution in [-0.2, 0) is 18.4 Å². The van der Waals surface area contributed by atoms with Crippen molar-refractivity contribution < 1.29 is 24.6 Å². The molecule has 4 heterocycles. The summed E-state index contributed by atoms with van der Waals surface area (Å²) in [5, 5.41) is 18.3. The minimum Gasteiger partial charge on any atom is -0.478 e. The molecule has 192 valence electrons. The fourth-order valence-electron chi connectivity index (χ4n) is 5.41. The van der Waals surface area contributed by atoms with Gasteiger partial charge in [-0.15, -0.1) is 0 Å². The van der Waals surface area contributed by atoms with Crippen molar-refractivity contribution in [1.29, 1.82) is 0 Å². The first-order valence-corrected chi connectivity index (χ1v) is 12.4. The fourth-order valence-corrected chi connectivity index (χ4v) is 5.41. The summed E-state index contributed by atoms with van der Waals surface area (Å²) in [5.74, 6) is -1.12. The Kier molecular flexibility index (Phi) is 6.51. The molecular formula is C27H29N5O5. The van der Waals surface area contributed by atoms with Crippen molar-refractivity contribution >= 4 is 23.5 Å². The van der Waals surface area contributed by atoms with Crippen LogP contribution in [0.15, 0.2) is 48.8 Å². The van der Waals surface area contributed by atoms with Crippen LogP contribution >= 0.6 is 0 Å². The third-order valence-electron chi connectivity index (χ3n) is 7.70. The van der Waals surface area contributed by atoms with Gasteiger partial charge in [0.25, 0.3) is 0 Å². The second-order valence-corrected chi connectivity index (χ2v) is 9.82. The van der Waals surface area contributed by atoms with E-state index < -0.39 is 17.4 Å². The molecule has 10 nitrogen and oxygen atoms in total. The van der Waals surface area contributed by atoms with Crippen molar-refractivity contribution in [3.05, 3.63) is 65.9 Å². The number of anilines is 1. The summed E-state index contributed by atoms with van der Waals surface area (Å²) in [7, 11) is 1.71. The van der Waals surface area contributed by atoms with E-state index >= 15 is 0 Å². The molecule has 1 spiro atoms. The first-order valence-electron chi connectivity index (χ1n) is 12.4. The normalized spacial score (nSPS) is 17.8. The number of hydrogen-bond donors (Lipinski definition) is 2. The molecule has 2 aromatic heterocycles. The molecule has 0 unspecified atom stereocenters. The van der Waals surface area contributed by atoms with Crippen LogP contribution < -0.4 is 4.90 Å². The van der Waals surface area contributed by atoms with Gasteiger partial charge in [0.2, 0.25) is 5.91 Å². The van der Waals surface area contributed by atoms with Crippen LogP contribution in [0.25, 0.3) is 11.3 Å². The molecule has 5 rings (SSSR count). The number of hydrogen-bond acceptors (Lipinski definition) is 6. The number of carbonyl (C=O) groups excluding carboxylic acids is 1. The van der Waals surface area contributed by atoms with Crippen molar-refractivity contribution in [2.24, 2.45) is 12.5 Å². The summed E-state index contributed by atoms with van der Waals surface area (Å²) in [6.07, 6.45) is 6.39. The molecule has 2 aliphatic heterocycles. The van der Waals surface area contributed by atoms with Gasteiger partial charge in [-0.2, -0.15) is 0 Å². The van der Waals surface area contributed by atoms with Crippen molar-refractivity contribution in [3.63, 3.8) is 0 Å². The standard InChI is InChI=1S/C27H29N5O5/c1-30-22(25(35)36)16-29-23(30)17-31-13-10-27(11-14-31)9-2-12-32(26(27)37)20-7-8-21(28-15-20)18-3-5-19(6-4-18)24(33)34/h3-8,15-16H,2,9-14,17H2,1H3,(H,33,34)(H,35,36). The lowest BCUT2D eigenvalue weighted by atomic mass is 9.71. The number of aromatic nitrogens is 3. The number of carbonyl (C=O) groups is 3. The molecule has 10 heteroatoms. The first-order chi connectivity index (χ1) is 17.8. The van der Waals surface area contributed by atoms with Crippen molar-refractivity contribution in [1.82, 2.24) is 19.4 Å². The molecule has 0 aliphatic carbocycles. The molecule has 2 fully saturated rings. The lowest BCUT2D eigenvalue weighted by Gasteiger charge is -2.46.